The molecule has 7 nitrogen and oxygen atoms in total. The molecule has 2 aromatic carbocycles. The summed E-state index contributed by atoms with van der Waals surface area (Å²) in [6, 6.07) is 13.4. The van der Waals surface area contributed by atoms with Crippen molar-refractivity contribution in [1.82, 2.24) is 19.2 Å². The number of carbonyl (C=O) groups is 1. The SMILES string of the molecule is CC(C)c1cccc2c1CCN(C(=O)Nc1ccc(-n3ncn(C)c3=O)cc1)C2. The normalized spacial score (nSPS) is 13.4. The fourth-order valence-corrected chi connectivity index (χ4v) is 3.80. The van der Waals surface area contributed by atoms with E-state index < -0.39 is 0 Å². The van der Waals surface area contributed by atoms with Crippen molar-refractivity contribution in [2.75, 3.05) is 11.9 Å². The van der Waals surface area contributed by atoms with Gasteiger partial charge in [0, 0.05) is 25.8 Å². The maximum atomic E-state index is 12.8. The number of fused-ring (bicyclic) bond motifs is 1. The summed E-state index contributed by atoms with van der Waals surface area (Å²) in [6.45, 7) is 5.72. The number of nitrogens with one attached hydrogen (secondary N) is 1. The Morgan fingerprint density at radius 1 is 1.14 bits per heavy atom. The fourth-order valence-electron chi connectivity index (χ4n) is 3.80. The van der Waals surface area contributed by atoms with Crippen molar-refractivity contribution < 1.29 is 4.79 Å². The Kier molecular flexibility index (Phi) is 4.96. The lowest BCUT2D eigenvalue weighted by Gasteiger charge is -2.31. The van der Waals surface area contributed by atoms with Gasteiger partial charge in [-0.1, -0.05) is 32.0 Å². The molecule has 0 bridgehead atoms. The van der Waals surface area contributed by atoms with Gasteiger partial charge in [-0.3, -0.25) is 4.57 Å². The Morgan fingerprint density at radius 2 is 1.90 bits per heavy atom. The van der Waals surface area contributed by atoms with Gasteiger partial charge in [0.2, 0.25) is 0 Å². The molecule has 0 spiro atoms. The average Bonchev–Trinajstić information content (AvgIpc) is 3.06. The summed E-state index contributed by atoms with van der Waals surface area (Å²) in [6.07, 6.45) is 2.34. The van der Waals surface area contributed by atoms with Gasteiger partial charge in [-0.2, -0.15) is 9.78 Å². The summed E-state index contributed by atoms with van der Waals surface area (Å²) in [5.74, 6) is 0.482. The largest absolute Gasteiger partial charge is 0.350 e. The average molecular weight is 391 g/mol. The molecule has 29 heavy (non-hydrogen) atoms. The fraction of sp³-hybridized carbons (Fsp3) is 0.318. The Balaban J connectivity index is 1.46. The van der Waals surface area contributed by atoms with Crippen molar-refractivity contribution in [2.45, 2.75) is 32.7 Å². The number of anilines is 1. The molecule has 150 valence electrons. The van der Waals surface area contributed by atoms with Gasteiger partial charge < -0.3 is 10.2 Å². The van der Waals surface area contributed by atoms with Crippen LogP contribution >= 0.6 is 0 Å². The topological polar surface area (TPSA) is 72.2 Å². The quantitative estimate of drug-likeness (QED) is 0.745. The second-order valence-electron chi connectivity index (χ2n) is 7.72. The molecule has 0 saturated heterocycles. The summed E-state index contributed by atoms with van der Waals surface area (Å²) < 4.78 is 2.73. The lowest BCUT2D eigenvalue weighted by Crippen LogP contribution is -2.39. The number of urea groups is 1. The summed E-state index contributed by atoms with van der Waals surface area (Å²) in [7, 11) is 1.65. The molecule has 0 atom stereocenters. The second-order valence-corrected chi connectivity index (χ2v) is 7.72. The summed E-state index contributed by atoms with van der Waals surface area (Å²) in [5.41, 5.74) is 5.11. The highest BCUT2D eigenvalue weighted by atomic mass is 16.2. The van der Waals surface area contributed by atoms with Crippen LogP contribution in [0, 0.1) is 0 Å². The Bertz CT molecular complexity index is 1100. The number of benzene rings is 2. The number of aromatic nitrogens is 3. The molecule has 1 N–H and O–H groups in total. The first kappa shape index (κ1) is 19.0. The number of hydrogen-bond acceptors (Lipinski definition) is 3. The summed E-state index contributed by atoms with van der Waals surface area (Å²) in [4.78, 5) is 26.6. The molecular formula is C22H25N5O2. The van der Waals surface area contributed by atoms with Crippen LogP contribution in [0.4, 0.5) is 10.5 Å². The molecule has 3 aromatic rings. The number of amides is 2. The van der Waals surface area contributed by atoms with Crippen molar-refractivity contribution in [3.63, 3.8) is 0 Å². The van der Waals surface area contributed by atoms with Crippen LogP contribution in [-0.2, 0) is 20.0 Å². The summed E-state index contributed by atoms with van der Waals surface area (Å²) in [5, 5.41) is 7.01. The second kappa shape index (κ2) is 7.58. The van der Waals surface area contributed by atoms with E-state index in [0.29, 0.717) is 30.4 Å². The molecule has 0 aliphatic carbocycles. The van der Waals surface area contributed by atoms with E-state index >= 15 is 0 Å². The molecular weight excluding hydrogens is 366 g/mol. The zero-order valence-corrected chi connectivity index (χ0v) is 16.9. The molecule has 1 aromatic heterocycles. The molecule has 0 fully saturated rings. The highest BCUT2D eigenvalue weighted by Crippen LogP contribution is 2.28. The minimum Gasteiger partial charge on any atom is -0.320 e. The van der Waals surface area contributed by atoms with Gasteiger partial charge in [0.05, 0.1) is 5.69 Å². The number of rotatable bonds is 3. The van der Waals surface area contributed by atoms with E-state index in [0.717, 1.165) is 6.42 Å². The Labute approximate surface area is 169 Å². The van der Waals surface area contributed by atoms with Gasteiger partial charge in [-0.15, -0.1) is 0 Å². The van der Waals surface area contributed by atoms with Gasteiger partial charge in [-0.05, 0) is 53.3 Å². The van der Waals surface area contributed by atoms with Crippen molar-refractivity contribution in [2.24, 2.45) is 7.05 Å². The van der Waals surface area contributed by atoms with Crippen LogP contribution in [0.5, 0.6) is 0 Å². The van der Waals surface area contributed by atoms with E-state index in [2.05, 4.69) is 42.5 Å². The number of nitrogens with zero attached hydrogens (tertiary/aromatic N) is 4. The minimum absolute atomic E-state index is 0.117. The molecule has 7 heteroatoms. The molecule has 2 heterocycles. The predicted octanol–water partition coefficient (Wildman–Crippen LogP) is 3.28. The van der Waals surface area contributed by atoms with Crippen LogP contribution < -0.4 is 11.0 Å². The minimum atomic E-state index is -0.213. The molecule has 4 rings (SSSR count). The van der Waals surface area contributed by atoms with Gasteiger partial charge in [0.15, 0.2) is 0 Å². The summed E-state index contributed by atoms with van der Waals surface area (Å²) >= 11 is 0. The smallest absolute Gasteiger partial charge is 0.320 e. The first-order valence-corrected chi connectivity index (χ1v) is 9.81. The van der Waals surface area contributed by atoms with Gasteiger partial charge in [0.1, 0.15) is 6.33 Å². The van der Waals surface area contributed by atoms with Crippen molar-refractivity contribution in [3.8, 4) is 5.69 Å². The van der Waals surface area contributed by atoms with E-state index in [4.69, 9.17) is 0 Å². The van der Waals surface area contributed by atoms with Crippen molar-refractivity contribution in [1.29, 1.82) is 0 Å². The predicted molar refractivity (Wildman–Crippen MR) is 112 cm³/mol. The molecule has 0 saturated carbocycles. The standard InChI is InChI=1S/C22H25N5O2/c1-15(2)19-6-4-5-16-13-26(12-11-20(16)19)21(28)24-17-7-9-18(10-8-17)27-22(29)25(3)14-23-27/h4-10,14-15H,11-13H2,1-3H3,(H,24,28). The van der Waals surface area contributed by atoms with Crippen molar-refractivity contribution >= 4 is 11.7 Å². The van der Waals surface area contributed by atoms with E-state index in [-0.39, 0.29) is 11.7 Å². The van der Waals surface area contributed by atoms with E-state index in [1.165, 1.54) is 32.3 Å². The first-order valence-electron chi connectivity index (χ1n) is 9.81. The molecule has 0 radical (unpaired) electrons. The monoisotopic (exact) mass is 391 g/mol. The van der Waals surface area contributed by atoms with E-state index in [1.54, 1.807) is 31.3 Å². The van der Waals surface area contributed by atoms with E-state index in [9.17, 15) is 9.59 Å². The third-order valence-electron chi connectivity index (χ3n) is 5.40. The van der Waals surface area contributed by atoms with Gasteiger partial charge in [0.25, 0.3) is 0 Å². The van der Waals surface area contributed by atoms with Gasteiger partial charge >= 0.3 is 11.7 Å². The lowest BCUT2D eigenvalue weighted by atomic mass is 9.89. The van der Waals surface area contributed by atoms with Crippen LogP contribution in [0.25, 0.3) is 5.69 Å². The van der Waals surface area contributed by atoms with Crippen molar-refractivity contribution in [3.05, 3.63) is 76.0 Å². The molecule has 2 amide bonds. The Morgan fingerprint density at radius 3 is 2.55 bits per heavy atom. The number of hydrogen-bond donors (Lipinski definition) is 1. The van der Waals surface area contributed by atoms with Crippen LogP contribution in [0.3, 0.4) is 0 Å². The molecule has 1 aliphatic heterocycles. The molecule has 1 aliphatic rings. The van der Waals surface area contributed by atoms with E-state index in [1.807, 2.05) is 4.90 Å². The van der Waals surface area contributed by atoms with Crippen LogP contribution in [0.1, 0.15) is 36.5 Å². The third kappa shape index (κ3) is 3.68. The maximum absolute atomic E-state index is 12.8. The molecule has 0 unspecified atom stereocenters. The van der Waals surface area contributed by atoms with Crippen LogP contribution in [0.15, 0.2) is 53.6 Å². The lowest BCUT2D eigenvalue weighted by molar-refractivity contribution is 0.206. The highest BCUT2D eigenvalue weighted by molar-refractivity contribution is 5.89. The van der Waals surface area contributed by atoms with Gasteiger partial charge in [-0.25, -0.2) is 9.59 Å². The highest BCUT2D eigenvalue weighted by Gasteiger charge is 2.23. The van der Waals surface area contributed by atoms with Crippen LogP contribution in [-0.4, -0.2) is 31.8 Å². The number of carbonyl (C=O) groups excluding carboxylic acids is 1. The maximum Gasteiger partial charge on any atom is 0.350 e. The van der Waals surface area contributed by atoms with Crippen LogP contribution in [0.2, 0.25) is 0 Å². The zero-order valence-electron chi connectivity index (χ0n) is 16.9. The number of aryl methyl sites for hydroxylation is 1. The Hall–Kier alpha value is -3.35. The first-order chi connectivity index (χ1) is 13.9. The zero-order chi connectivity index (χ0) is 20.5. The third-order valence-corrected chi connectivity index (χ3v) is 5.40.